The Balaban J connectivity index is 0.00000180. The molecule has 0 spiro atoms. The normalized spacial score (nSPS) is 16.3. The van der Waals surface area contributed by atoms with Gasteiger partial charge in [0.05, 0.1) is 6.10 Å². The number of piperidine rings is 1. The first-order chi connectivity index (χ1) is 8.81. The van der Waals surface area contributed by atoms with Crippen molar-refractivity contribution < 1.29 is 4.74 Å². The summed E-state index contributed by atoms with van der Waals surface area (Å²) in [7, 11) is 3.80. The first-order valence-electron chi connectivity index (χ1n) is 6.79. The fourth-order valence-electron chi connectivity index (χ4n) is 2.53. The van der Waals surface area contributed by atoms with E-state index in [1.165, 1.54) is 11.1 Å². The topological polar surface area (TPSA) is 24.5 Å². The van der Waals surface area contributed by atoms with Crippen molar-refractivity contribution in [3.63, 3.8) is 0 Å². The highest BCUT2D eigenvalue weighted by atomic mass is 35.5. The van der Waals surface area contributed by atoms with Gasteiger partial charge >= 0.3 is 0 Å². The van der Waals surface area contributed by atoms with E-state index in [4.69, 9.17) is 4.74 Å². The average Bonchev–Trinajstić information content (AvgIpc) is 2.42. The number of benzene rings is 1. The average molecular weight is 321 g/mol. The molecule has 20 heavy (non-hydrogen) atoms. The molecule has 1 N–H and O–H groups in total. The fraction of sp³-hybridized carbons (Fsp3) is 0.600. The molecule has 1 aliphatic heterocycles. The van der Waals surface area contributed by atoms with Crippen molar-refractivity contribution in [1.82, 2.24) is 10.2 Å². The van der Waals surface area contributed by atoms with Gasteiger partial charge in [-0.3, -0.25) is 4.90 Å². The van der Waals surface area contributed by atoms with Crippen molar-refractivity contribution in [2.45, 2.75) is 32.0 Å². The highest BCUT2D eigenvalue weighted by Gasteiger charge is 2.18. The van der Waals surface area contributed by atoms with E-state index in [0.717, 1.165) is 39.0 Å². The van der Waals surface area contributed by atoms with Gasteiger partial charge in [0, 0.05) is 33.3 Å². The van der Waals surface area contributed by atoms with Crippen LogP contribution in [0.5, 0.6) is 0 Å². The van der Waals surface area contributed by atoms with E-state index in [9.17, 15) is 0 Å². The Morgan fingerprint density at radius 3 is 2.15 bits per heavy atom. The summed E-state index contributed by atoms with van der Waals surface area (Å²) in [5, 5.41) is 3.17. The molecule has 0 saturated carbocycles. The molecule has 1 aromatic rings. The Kier molecular flexibility index (Phi) is 10.2. The molecule has 2 rings (SSSR count). The van der Waals surface area contributed by atoms with Crippen LogP contribution >= 0.6 is 24.8 Å². The van der Waals surface area contributed by atoms with Gasteiger partial charge < -0.3 is 10.1 Å². The molecule has 5 heteroatoms. The predicted molar refractivity (Wildman–Crippen MR) is 89.0 cm³/mol. The Morgan fingerprint density at radius 2 is 1.65 bits per heavy atom. The number of ether oxygens (including phenoxy) is 1. The van der Waals surface area contributed by atoms with Crippen molar-refractivity contribution in [3.05, 3.63) is 35.4 Å². The molecule has 0 bridgehead atoms. The molecule has 116 valence electrons. The van der Waals surface area contributed by atoms with Crippen LogP contribution in [0.1, 0.15) is 24.0 Å². The Bertz CT molecular complexity index is 351. The van der Waals surface area contributed by atoms with E-state index in [2.05, 4.69) is 34.5 Å². The molecular formula is C15H26Cl2N2O. The quantitative estimate of drug-likeness (QED) is 0.902. The highest BCUT2D eigenvalue weighted by Crippen LogP contribution is 2.16. The van der Waals surface area contributed by atoms with Crippen LogP contribution in [0.3, 0.4) is 0 Å². The van der Waals surface area contributed by atoms with Gasteiger partial charge in [-0.1, -0.05) is 24.3 Å². The van der Waals surface area contributed by atoms with Crippen LogP contribution in [0.15, 0.2) is 24.3 Å². The minimum absolute atomic E-state index is 0. The largest absolute Gasteiger partial charge is 0.381 e. The first-order valence-corrected chi connectivity index (χ1v) is 6.79. The Morgan fingerprint density at radius 1 is 1.10 bits per heavy atom. The summed E-state index contributed by atoms with van der Waals surface area (Å²) in [5.74, 6) is 0. The maximum Gasteiger partial charge on any atom is 0.0595 e. The standard InChI is InChI=1S/C15H24N2O.2ClH/c1-16-11-13-3-5-14(6-4-13)12-17-9-7-15(18-2)8-10-17;;/h3-6,15-16H,7-12H2,1-2H3;2*1H. The fourth-order valence-corrected chi connectivity index (χ4v) is 2.53. The predicted octanol–water partition coefficient (Wildman–Crippen LogP) is 2.86. The highest BCUT2D eigenvalue weighted by molar-refractivity contribution is 5.85. The summed E-state index contributed by atoms with van der Waals surface area (Å²) in [6, 6.07) is 8.92. The van der Waals surface area contributed by atoms with E-state index in [0.29, 0.717) is 6.10 Å². The summed E-state index contributed by atoms with van der Waals surface area (Å²) < 4.78 is 5.40. The SMILES string of the molecule is CNCc1ccc(CN2CCC(OC)CC2)cc1.Cl.Cl. The minimum atomic E-state index is 0. The summed E-state index contributed by atoms with van der Waals surface area (Å²) in [6.07, 6.45) is 2.79. The zero-order valence-corrected chi connectivity index (χ0v) is 13.9. The number of methoxy groups -OCH3 is 1. The lowest BCUT2D eigenvalue weighted by molar-refractivity contribution is 0.0388. The third-order valence-electron chi connectivity index (χ3n) is 3.68. The van der Waals surface area contributed by atoms with Gasteiger partial charge in [0.15, 0.2) is 0 Å². The third-order valence-corrected chi connectivity index (χ3v) is 3.68. The molecule has 1 saturated heterocycles. The lowest BCUT2D eigenvalue weighted by Gasteiger charge is -2.31. The molecule has 3 nitrogen and oxygen atoms in total. The van der Waals surface area contributed by atoms with Crippen LogP contribution in [0.25, 0.3) is 0 Å². The summed E-state index contributed by atoms with van der Waals surface area (Å²) in [6.45, 7) is 4.31. The lowest BCUT2D eigenvalue weighted by Crippen LogP contribution is -2.36. The maximum absolute atomic E-state index is 5.40. The number of likely N-dealkylation sites (tertiary alicyclic amines) is 1. The van der Waals surface area contributed by atoms with Gasteiger partial charge in [0.1, 0.15) is 0 Å². The number of hydrogen-bond acceptors (Lipinski definition) is 3. The Hall–Kier alpha value is -0.320. The second kappa shape index (κ2) is 10.4. The van der Waals surface area contributed by atoms with Crippen LogP contribution in [-0.2, 0) is 17.8 Å². The lowest BCUT2D eigenvalue weighted by atomic mass is 10.1. The molecule has 1 fully saturated rings. The van der Waals surface area contributed by atoms with Gasteiger partial charge in [-0.15, -0.1) is 24.8 Å². The zero-order valence-electron chi connectivity index (χ0n) is 12.3. The number of rotatable bonds is 5. The van der Waals surface area contributed by atoms with E-state index < -0.39 is 0 Å². The van der Waals surface area contributed by atoms with Crippen molar-refractivity contribution in [2.75, 3.05) is 27.2 Å². The van der Waals surface area contributed by atoms with E-state index >= 15 is 0 Å². The number of nitrogens with one attached hydrogen (secondary N) is 1. The number of nitrogens with zero attached hydrogens (tertiary/aromatic N) is 1. The maximum atomic E-state index is 5.40. The van der Waals surface area contributed by atoms with Crippen molar-refractivity contribution >= 4 is 24.8 Å². The second-order valence-electron chi connectivity index (χ2n) is 5.06. The van der Waals surface area contributed by atoms with Crippen LogP contribution < -0.4 is 5.32 Å². The molecule has 0 radical (unpaired) electrons. The first kappa shape index (κ1) is 19.7. The van der Waals surface area contributed by atoms with Crippen molar-refractivity contribution in [3.8, 4) is 0 Å². The third kappa shape index (κ3) is 5.98. The van der Waals surface area contributed by atoms with Crippen LogP contribution in [0.2, 0.25) is 0 Å². The zero-order chi connectivity index (χ0) is 12.8. The monoisotopic (exact) mass is 320 g/mol. The summed E-state index contributed by atoms with van der Waals surface area (Å²) >= 11 is 0. The van der Waals surface area contributed by atoms with E-state index in [1.54, 1.807) is 0 Å². The molecule has 1 aromatic carbocycles. The van der Waals surface area contributed by atoms with Crippen molar-refractivity contribution in [1.29, 1.82) is 0 Å². The van der Waals surface area contributed by atoms with Crippen LogP contribution in [-0.4, -0.2) is 38.3 Å². The molecule has 0 amide bonds. The van der Waals surface area contributed by atoms with Gasteiger partial charge in [-0.05, 0) is 31.0 Å². The Labute approximate surface area is 134 Å². The molecular weight excluding hydrogens is 295 g/mol. The number of hydrogen-bond donors (Lipinski definition) is 1. The molecule has 0 aliphatic carbocycles. The van der Waals surface area contributed by atoms with E-state index in [-0.39, 0.29) is 24.8 Å². The molecule has 0 aromatic heterocycles. The van der Waals surface area contributed by atoms with E-state index in [1.807, 2.05) is 14.2 Å². The van der Waals surface area contributed by atoms with Gasteiger partial charge in [0.2, 0.25) is 0 Å². The minimum Gasteiger partial charge on any atom is -0.381 e. The van der Waals surface area contributed by atoms with Crippen LogP contribution in [0, 0.1) is 0 Å². The van der Waals surface area contributed by atoms with Gasteiger partial charge in [-0.2, -0.15) is 0 Å². The van der Waals surface area contributed by atoms with Crippen molar-refractivity contribution in [2.24, 2.45) is 0 Å². The molecule has 0 unspecified atom stereocenters. The van der Waals surface area contributed by atoms with Gasteiger partial charge in [-0.25, -0.2) is 0 Å². The molecule has 1 aliphatic rings. The molecule has 0 atom stereocenters. The van der Waals surface area contributed by atoms with Crippen LogP contribution in [0.4, 0.5) is 0 Å². The number of halogens is 2. The second-order valence-corrected chi connectivity index (χ2v) is 5.06. The summed E-state index contributed by atoms with van der Waals surface area (Å²) in [4.78, 5) is 2.52. The molecule has 1 heterocycles. The smallest absolute Gasteiger partial charge is 0.0595 e. The summed E-state index contributed by atoms with van der Waals surface area (Å²) in [5.41, 5.74) is 2.75. The van der Waals surface area contributed by atoms with Gasteiger partial charge in [0.25, 0.3) is 0 Å².